The highest BCUT2D eigenvalue weighted by Crippen LogP contribution is 2.41. The van der Waals surface area contributed by atoms with Crippen molar-refractivity contribution in [1.82, 2.24) is 15.5 Å². The lowest BCUT2D eigenvalue weighted by Gasteiger charge is -2.14. The molecule has 10 heteroatoms. The standard InChI is InChI=1S/C16H22N4O5.ClH/c1-9(18-2)5-14-19-16(25-20-14)10-6-11(22-3)15(12(7-10)23-4)24-8-13(17)21;/h6-7,9,18H,5,8H2,1-4H3,(H2,17,21);1H. The number of carbonyl (C=O) groups is 1. The fourth-order valence-corrected chi connectivity index (χ4v) is 2.12. The fourth-order valence-electron chi connectivity index (χ4n) is 2.12. The van der Waals surface area contributed by atoms with Gasteiger partial charge in [-0.1, -0.05) is 5.16 Å². The molecular weight excluding hydrogens is 364 g/mol. The highest BCUT2D eigenvalue weighted by atomic mass is 35.5. The van der Waals surface area contributed by atoms with Gasteiger partial charge in [-0.3, -0.25) is 4.79 Å². The Balaban J connectivity index is 0.00000338. The first kappa shape index (κ1) is 21.5. The van der Waals surface area contributed by atoms with Crippen molar-refractivity contribution in [3.8, 4) is 28.7 Å². The molecule has 1 amide bonds. The lowest BCUT2D eigenvalue weighted by Crippen LogP contribution is -2.24. The first-order chi connectivity index (χ1) is 12.0. The van der Waals surface area contributed by atoms with E-state index in [4.69, 9.17) is 24.5 Å². The molecule has 26 heavy (non-hydrogen) atoms. The maximum Gasteiger partial charge on any atom is 0.258 e. The number of primary amides is 1. The largest absolute Gasteiger partial charge is 0.493 e. The third-order valence-corrected chi connectivity index (χ3v) is 3.52. The van der Waals surface area contributed by atoms with Crippen molar-refractivity contribution >= 4 is 18.3 Å². The maximum atomic E-state index is 11.0. The molecule has 2 aromatic rings. The number of hydrogen-bond acceptors (Lipinski definition) is 8. The van der Waals surface area contributed by atoms with Crippen LogP contribution in [0.1, 0.15) is 12.7 Å². The molecule has 2 rings (SSSR count). The van der Waals surface area contributed by atoms with Crippen molar-refractivity contribution in [3.63, 3.8) is 0 Å². The third-order valence-electron chi connectivity index (χ3n) is 3.52. The summed E-state index contributed by atoms with van der Waals surface area (Å²) in [7, 11) is 4.82. The average molecular weight is 387 g/mol. The predicted molar refractivity (Wildman–Crippen MR) is 97.0 cm³/mol. The highest BCUT2D eigenvalue weighted by molar-refractivity contribution is 5.85. The maximum absolute atomic E-state index is 11.0. The number of nitrogens with two attached hydrogens (primary N) is 1. The van der Waals surface area contributed by atoms with E-state index in [1.54, 1.807) is 12.1 Å². The number of aromatic nitrogens is 2. The second-order valence-corrected chi connectivity index (χ2v) is 5.37. The molecule has 0 saturated carbocycles. The normalized spacial score (nSPS) is 11.4. The number of rotatable bonds is 9. The second-order valence-electron chi connectivity index (χ2n) is 5.37. The van der Waals surface area contributed by atoms with Crippen molar-refractivity contribution < 1.29 is 23.5 Å². The zero-order valence-corrected chi connectivity index (χ0v) is 15.9. The van der Waals surface area contributed by atoms with Gasteiger partial charge in [-0.25, -0.2) is 0 Å². The van der Waals surface area contributed by atoms with E-state index in [9.17, 15) is 4.79 Å². The third kappa shape index (κ3) is 5.24. The number of hydrogen-bond donors (Lipinski definition) is 2. The quantitative estimate of drug-likeness (QED) is 0.659. The number of methoxy groups -OCH3 is 2. The molecule has 0 spiro atoms. The zero-order valence-electron chi connectivity index (χ0n) is 15.1. The van der Waals surface area contributed by atoms with Crippen molar-refractivity contribution in [2.45, 2.75) is 19.4 Å². The Morgan fingerprint density at radius 3 is 2.42 bits per heavy atom. The summed E-state index contributed by atoms with van der Waals surface area (Å²) in [6.07, 6.45) is 0.633. The highest BCUT2D eigenvalue weighted by Gasteiger charge is 2.19. The Bertz CT molecular complexity index is 712. The van der Waals surface area contributed by atoms with E-state index in [0.717, 1.165) is 0 Å². The summed E-state index contributed by atoms with van der Waals surface area (Å²) in [6.45, 7) is 1.73. The number of ether oxygens (including phenoxy) is 3. The van der Waals surface area contributed by atoms with Gasteiger partial charge in [-0.15, -0.1) is 12.4 Å². The van der Waals surface area contributed by atoms with Crippen LogP contribution in [0.5, 0.6) is 17.2 Å². The molecule has 9 nitrogen and oxygen atoms in total. The average Bonchev–Trinajstić information content (AvgIpc) is 3.07. The molecule has 1 heterocycles. The topological polar surface area (TPSA) is 122 Å². The first-order valence-corrected chi connectivity index (χ1v) is 7.65. The molecule has 144 valence electrons. The summed E-state index contributed by atoms with van der Waals surface area (Å²) >= 11 is 0. The van der Waals surface area contributed by atoms with Crippen LogP contribution in [-0.2, 0) is 11.2 Å². The Hall–Kier alpha value is -2.52. The van der Waals surface area contributed by atoms with Gasteiger partial charge in [0.1, 0.15) is 0 Å². The van der Waals surface area contributed by atoms with Gasteiger partial charge in [-0.05, 0) is 26.1 Å². The number of nitrogens with zero attached hydrogens (tertiary/aromatic N) is 2. The van der Waals surface area contributed by atoms with Crippen molar-refractivity contribution in [2.75, 3.05) is 27.9 Å². The molecule has 0 radical (unpaired) electrons. The van der Waals surface area contributed by atoms with Gasteiger partial charge in [-0.2, -0.15) is 4.98 Å². The summed E-state index contributed by atoms with van der Waals surface area (Å²) < 4.78 is 21.3. The first-order valence-electron chi connectivity index (χ1n) is 7.65. The van der Waals surface area contributed by atoms with Gasteiger partial charge in [0.05, 0.1) is 14.2 Å². The van der Waals surface area contributed by atoms with Crippen LogP contribution in [0.4, 0.5) is 0 Å². The monoisotopic (exact) mass is 386 g/mol. The number of nitrogens with one attached hydrogen (secondary N) is 1. The molecule has 0 aliphatic heterocycles. The van der Waals surface area contributed by atoms with Gasteiger partial charge < -0.3 is 29.8 Å². The molecule has 0 saturated heterocycles. The van der Waals surface area contributed by atoms with Crippen LogP contribution in [-0.4, -0.2) is 50.0 Å². The number of likely N-dealkylation sites (N-methyl/N-ethyl adjacent to an activating group) is 1. The van der Waals surface area contributed by atoms with Gasteiger partial charge in [0.2, 0.25) is 5.75 Å². The lowest BCUT2D eigenvalue weighted by molar-refractivity contribution is -0.119. The summed E-state index contributed by atoms with van der Waals surface area (Å²) in [5, 5.41) is 7.09. The number of halogens is 1. The number of carbonyl (C=O) groups excluding carboxylic acids is 1. The predicted octanol–water partition coefficient (Wildman–Crippen LogP) is 1.19. The molecular formula is C16H23ClN4O5. The lowest BCUT2D eigenvalue weighted by atomic mass is 10.1. The van der Waals surface area contributed by atoms with Crippen LogP contribution < -0.4 is 25.3 Å². The van der Waals surface area contributed by atoms with Crippen molar-refractivity contribution in [3.05, 3.63) is 18.0 Å². The molecule has 0 bridgehead atoms. The van der Waals surface area contributed by atoms with Crippen LogP contribution >= 0.6 is 12.4 Å². The van der Waals surface area contributed by atoms with E-state index in [0.29, 0.717) is 35.2 Å². The Labute approximate surface area is 157 Å². The summed E-state index contributed by atoms with van der Waals surface area (Å²) in [6, 6.07) is 3.55. The van der Waals surface area contributed by atoms with Crippen LogP contribution in [0, 0.1) is 0 Å². The molecule has 1 aromatic carbocycles. The smallest absolute Gasteiger partial charge is 0.258 e. The molecule has 1 aromatic heterocycles. The van der Waals surface area contributed by atoms with E-state index in [2.05, 4.69) is 15.5 Å². The van der Waals surface area contributed by atoms with Gasteiger partial charge in [0, 0.05) is 18.0 Å². The molecule has 3 N–H and O–H groups in total. The minimum Gasteiger partial charge on any atom is -0.493 e. The number of benzene rings is 1. The van der Waals surface area contributed by atoms with E-state index >= 15 is 0 Å². The van der Waals surface area contributed by atoms with Crippen molar-refractivity contribution in [1.29, 1.82) is 0 Å². The van der Waals surface area contributed by atoms with Crippen molar-refractivity contribution in [2.24, 2.45) is 5.73 Å². The van der Waals surface area contributed by atoms with Crippen LogP contribution in [0.2, 0.25) is 0 Å². The van der Waals surface area contributed by atoms with Crippen LogP contribution in [0.15, 0.2) is 16.7 Å². The van der Waals surface area contributed by atoms with E-state index in [1.807, 2.05) is 14.0 Å². The molecule has 1 atom stereocenters. The molecule has 1 unspecified atom stereocenters. The minimum atomic E-state index is -0.603. The van der Waals surface area contributed by atoms with Crippen LogP contribution in [0.3, 0.4) is 0 Å². The summed E-state index contributed by atoms with van der Waals surface area (Å²) in [5.74, 6) is 1.31. The van der Waals surface area contributed by atoms with Gasteiger partial charge >= 0.3 is 0 Å². The fraction of sp³-hybridized carbons (Fsp3) is 0.438. The molecule has 0 aliphatic rings. The van der Waals surface area contributed by atoms with E-state index in [-0.39, 0.29) is 30.8 Å². The SMILES string of the molecule is CNC(C)Cc1noc(-c2cc(OC)c(OCC(N)=O)c(OC)c2)n1.Cl. The van der Waals surface area contributed by atoms with E-state index in [1.165, 1.54) is 14.2 Å². The second kappa shape index (κ2) is 9.83. The van der Waals surface area contributed by atoms with E-state index < -0.39 is 5.91 Å². The summed E-state index contributed by atoms with van der Waals surface area (Å²) in [4.78, 5) is 15.3. The van der Waals surface area contributed by atoms with Crippen LogP contribution in [0.25, 0.3) is 11.5 Å². The number of amides is 1. The molecule has 0 aliphatic carbocycles. The zero-order chi connectivity index (χ0) is 18.4. The molecule has 0 fully saturated rings. The summed E-state index contributed by atoms with van der Waals surface area (Å²) in [5.41, 5.74) is 5.72. The Morgan fingerprint density at radius 2 is 1.92 bits per heavy atom. The Kier molecular flexibility index (Phi) is 8.14. The Morgan fingerprint density at radius 1 is 1.31 bits per heavy atom. The van der Waals surface area contributed by atoms with Gasteiger partial charge in [0.25, 0.3) is 11.8 Å². The minimum absolute atomic E-state index is 0. The van der Waals surface area contributed by atoms with Gasteiger partial charge in [0.15, 0.2) is 23.9 Å².